The number of nitrogens with one attached hydrogen (secondary N) is 1. The van der Waals surface area contributed by atoms with Crippen LogP contribution in [0.5, 0.6) is 0 Å². The first-order chi connectivity index (χ1) is 8.20. The average Bonchev–Trinajstić information content (AvgIpc) is 2.77. The van der Waals surface area contributed by atoms with Crippen molar-refractivity contribution in [3.63, 3.8) is 0 Å². The molecule has 1 atom stereocenters. The molecule has 4 heteroatoms. The lowest BCUT2D eigenvalue weighted by atomic mass is 10.2. The highest BCUT2D eigenvalue weighted by atomic mass is 15.2. The van der Waals surface area contributed by atoms with Crippen molar-refractivity contribution in [2.45, 2.75) is 32.7 Å². The molecule has 0 saturated carbocycles. The molecule has 1 aliphatic rings. The van der Waals surface area contributed by atoms with Crippen molar-refractivity contribution in [1.82, 2.24) is 9.88 Å². The molecule has 0 aliphatic carbocycles. The Balaban J connectivity index is 1.95. The van der Waals surface area contributed by atoms with Gasteiger partial charge in [0.15, 0.2) is 0 Å². The third-order valence-electron chi connectivity index (χ3n) is 3.48. The summed E-state index contributed by atoms with van der Waals surface area (Å²) in [5.74, 6) is 0.827. The first kappa shape index (κ1) is 12.2. The number of aryl methyl sites for hydroxylation is 1. The number of rotatable bonds is 4. The predicted octanol–water partition coefficient (Wildman–Crippen LogP) is 1.87. The number of aromatic nitrogens is 1. The van der Waals surface area contributed by atoms with Crippen molar-refractivity contribution in [3.05, 3.63) is 17.8 Å². The van der Waals surface area contributed by atoms with E-state index in [1.165, 1.54) is 19.4 Å². The Kier molecular flexibility index (Phi) is 3.84. The highest BCUT2D eigenvalue weighted by Crippen LogP contribution is 2.19. The van der Waals surface area contributed by atoms with Crippen molar-refractivity contribution < 1.29 is 0 Å². The SMILES string of the molecule is CCN1CCCC1CNc1nc(C)ccc1N. The molecule has 0 amide bonds. The molecule has 94 valence electrons. The van der Waals surface area contributed by atoms with Crippen molar-refractivity contribution in [2.24, 2.45) is 0 Å². The molecule has 17 heavy (non-hydrogen) atoms. The van der Waals surface area contributed by atoms with Crippen LogP contribution in [0.4, 0.5) is 11.5 Å². The van der Waals surface area contributed by atoms with Crippen LogP contribution >= 0.6 is 0 Å². The molecule has 1 aliphatic heterocycles. The fraction of sp³-hybridized carbons (Fsp3) is 0.615. The first-order valence-electron chi connectivity index (χ1n) is 6.41. The summed E-state index contributed by atoms with van der Waals surface area (Å²) in [5, 5.41) is 3.38. The molecule has 1 unspecified atom stereocenters. The van der Waals surface area contributed by atoms with Gasteiger partial charge in [-0.15, -0.1) is 0 Å². The van der Waals surface area contributed by atoms with E-state index in [1.807, 2.05) is 19.1 Å². The summed E-state index contributed by atoms with van der Waals surface area (Å²) in [7, 11) is 0. The Morgan fingerprint density at radius 1 is 1.53 bits per heavy atom. The van der Waals surface area contributed by atoms with Gasteiger partial charge < -0.3 is 11.1 Å². The van der Waals surface area contributed by atoms with E-state index in [4.69, 9.17) is 5.73 Å². The fourth-order valence-corrected chi connectivity index (χ4v) is 2.47. The van der Waals surface area contributed by atoms with Crippen LogP contribution in [0, 0.1) is 6.92 Å². The first-order valence-corrected chi connectivity index (χ1v) is 6.41. The Morgan fingerprint density at radius 2 is 2.35 bits per heavy atom. The lowest BCUT2D eigenvalue weighted by Gasteiger charge is -2.23. The summed E-state index contributed by atoms with van der Waals surface area (Å²) >= 11 is 0. The Hall–Kier alpha value is -1.29. The second-order valence-corrected chi connectivity index (χ2v) is 4.70. The molecule has 0 aromatic carbocycles. The van der Waals surface area contributed by atoms with E-state index in [9.17, 15) is 0 Å². The third-order valence-corrected chi connectivity index (χ3v) is 3.48. The minimum atomic E-state index is 0.627. The van der Waals surface area contributed by atoms with E-state index in [2.05, 4.69) is 22.1 Å². The van der Waals surface area contributed by atoms with Gasteiger partial charge in [0, 0.05) is 18.3 Å². The number of nitrogen functional groups attached to an aromatic ring is 1. The molecule has 1 saturated heterocycles. The van der Waals surface area contributed by atoms with Crippen molar-refractivity contribution in [3.8, 4) is 0 Å². The van der Waals surface area contributed by atoms with Gasteiger partial charge in [0.05, 0.1) is 5.69 Å². The lowest BCUT2D eigenvalue weighted by molar-refractivity contribution is 0.277. The maximum absolute atomic E-state index is 5.90. The van der Waals surface area contributed by atoms with Crippen LogP contribution < -0.4 is 11.1 Å². The molecular formula is C13H22N4. The minimum absolute atomic E-state index is 0.627. The third kappa shape index (κ3) is 2.88. The predicted molar refractivity (Wildman–Crippen MR) is 72.1 cm³/mol. The summed E-state index contributed by atoms with van der Waals surface area (Å²) in [5.41, 5.74) is 7.64. The molecule has 1 aromatic heterocycles. The van der Waals surface area contributed by atoms with Crippen LogP contribution in [0.25, 0.3) is 0 Å². The van der Waals surface area contributed by atoms with Crippen LogP contribution in [-0.4, -0.2) is 35.6 Å². The molecule has 0 bridgehead atoms. The number of pyridine rings is 1. The van der Waals surface area contributed by atoms with Gasteiger partial charge >= 0.3 is 0 Å². The molecule has 2 rings (SSSR count). The zero-order valence-electron chi connectivity index (χ0n) is 10.7. The van der Waals surface area contributed by atoms with Crippen LogP contribution in [-0.2, 0) is 0 Å². The monoisotopic (exact) mass is 234 g/mol. The number of nitrogens with two attached hydrogens (primary N) is 1. The highest BCUT2D eigenvalue weighted by Gasteiger charge is 2.22. The topological polar surface area (TPSA) is 54.2 Å². The maximum Gasteiger partial charge on any atom is 0.149 e. The van der Waals surface area contributed by atoms with Gasteiger partial charge in [-0.05, 0) is 45.0 Å². The second kappa shape index (κ2) is 5.36. The fourth-order valence-electron chi connectivity index (χ4n) is 2.47. The summed E-state index contributed by atoms with van der Waals surface area (Å²) in [6.45, 7) is 7.49. The lowest BCUT2D eigenvalue weighted by Crippen LogP contribution is -2.34. The van der Waals surface area contributed by atoms with Crippen LogP contribution in [0.1, 0.15) is 25.5 Å². The number of hydrogen-bond acceptors (Lipinski definition) is 4. The molecule has 1 fully saturated rings. The Morgan fingerprint density at radius 3 is 3.12 bits per heavy atom. The molecule has 3 N–H and O–H groups in total. The van der Waals surface area contributed by atoms with E-state index in [0.717, 1.165) is 30.3 Å². The van der Waals surface area contributed by atoms with Gasteiger partial charge in [0.25, 0.3) is 0 Å². The quantitative estimate of drug-likeness (QED) is 0.835. The van der Waals surface area contributed by atoms with Gasteiger partial charge in [-0.3, -0.25) is 4.90 Å². The van der Waals surface area contributed by atoms with Gasteiger partial charge in [0.1, 0.15) is 5.82 Å². The van der Waals surface area contributed by atoms with Gasteiger partial charge in [-0.2, -0.15) is 0 Å². The Bertz CT molecular complexity index is 378. The standard InChI is InChI=1S/C13H22N4/c1-3-17-8-4-5-11(17)9-15-13-12(14)7-6-10(2)16-13/h6-7,11H,3-5,8-9,14H2,1-2H3,(H,15,16). The van der Waals surface area contributed by atoms with E-state index in [0.29, 0.717) is 6.04 Å². The normalized spacial score (nSPS) is 20.7. The van der Waals surface area contributed by atoms with Gasteiger partial charge in [-0.1, -0.05) is 6.92 Å². The van der Waals surface area contributed by atoms with E-state index < -0.39 is 0 Å². The minimum Gasteiger partial charge on any atom is -0.396 e. The number of hydrogen-bond donors (Lipinski definition) is 2. The Labute approximate surface area is 103 Å². The van der Waals surface area contributed by atoms with Crippen molar-refractivity contribution in [2.75, 3.05) is 30.7 Å². The molecule has 0 radical (unpaired) electrons. The van der Waals surface area contributed by atoms with Crippen LogP contribution in [0.15, 0.2) is 12.1 Å². The van der Waals surface area contributed by atoms with Crippen molar-refractivity contribution in [1.29, 1.82) is 0 Å². The number of likely N-dealkylation sites (tertiary alicyclic amines) is 1. The highest BCUT2D eigenvalue weighted by molar-refractivity contribution is 5.61. The largest absolute Gasteiger partial charge is 0.396 e. The van der Waals surface area contributed by atoms with Crippen LogP contribution in [0.2, 0.25) is 0 Å². The number of likely N-dealkylation sites (N-methyl/N-ethyl adjacent to an activating group) is 1. The summed E-state index contributed by atoms with van der Waals surface area (Å²) in [4.78, 5) is 6.94. The van der Waals surface area contributed by atoms with Crippen LogP contribution in [0.3, 0.4) is 0 Å². The zero-order chi connectivity index (χ0) is 12.3. The zero-order valence-corrected chi connectivity index (χ0v) is 10.7. The molecule has 0 spiro atoms. The molecule has 1 aromatic rings. The van der Waals surface area contributed by atoms with Gasteiger partial charge in [-0.25, -0.2) is 4.98 Å². The summed E-state index contributed by atoms with van der Waals surface area (Å²) in [6, 6.07) is 4.48. The molecular weight excluding hydrogens is 212 g/mol. The maximum atomic E-state index is 5.90. The average molecular weight is 234 g/mol. The number of nitrogens with zero attached hydrogens (tertiary/aromatic N) is 2. The van der Waals surface area contributed by atoms with E-state index in [1.54, 1.807) is 0 Å². The second-order valence-electron chi connectivity index (χ2n) is 4.70. The van der Waals surface area contributed by atoms with Crippen molar-refractivity contribution >= 4 is 11.5 Å². The summed E-state index contributed by atoms with van der Waals surface area (Å²) in [6.07, 6.45) is 2.57. The number of anilines is 2. The van der Waals surface area contributed by atoms with E-state index in [-0.39, 0.29) is 0 Å². The smallest absolute Gasteiger partial charge is 0.149 e. The van der Waals surface area contributed by atoms with Gasteiger partial charge in [0.2, 0.25) is 0 Å². The summed E-state index contributed by atoms with van der Waals surface area (Å²) < 4.78 is 0. The molecule has 2 heterocycles. The van der Waals surface area contributed by atoms with E-state index >= 15 is 0 Å². The molecule has 4 nitrogen and oxygen atoms in total.